The molecular weight excluding hydrogens is 544 g/mol. The molecule has 0 spiro atoms. The maximum Gasteiger partial charge on any atom is 0.325 e. The minimum absolute atomic E-state index is 0.0213. The van der Waals surface area contributed by atoms with Crippen LogP contribution in [0.1, 0.15) is 111 Å². The summed E-state index contributed by atoms with van der Waals surface area (Å²) in [6.45, 7) is 21.1. The van der Waals surface area contributed by atoms with Crippen molar-refractivity contribution < 1.29 is 14.7 Å². The number of para-hydroxylation sites is 1. The molecule has 5 nitrogen and oxygen atoms in total. The molecule has 0 aliphatic heterocycles. The van der Waals surface area contributed by atoms with Gasteiger partial charge in [-0.3, -0.25) is 9.59 Å². The highest BCUT2D eigenvalue weighted by molar-refractivity contribution is 5.88. The van der Waals surface area contributed by atoms with E-state index in [4.69, 9.17) is 0 Å². The van der Waals surface area contributed by atoms with Gasteiger partial charge in [0.1, 0.15) is 6.04 Å². The number of carboxylic acid groups (broad SMARTS) is 1. The van der Waals surface area contributed by atoms with E-state index in [9.17, 15) is 14.7 Å². The number of hydrogen-bond donors (Lipinski definition) is 3. The normalized spacial score (nSPS) is 42.7. The number of carbonyl (C=O) groups is 2. The number of aromatic amines is 1. The Balaban J connectivity index is 1.29. The standard InChI is InChI=1S/C39H54N2O3/c1-22(2)24-15-18-39(34(44)40-23(3)33(42)43)20-19-37(7)27(31(24)39)13-14-30-36(6)21-26-25-11-9-10-12-28(25)41-32(26)35(4,5)29(36)16-17-38(30,37)8/h9-12,23-24,27,29-31,41H,1,13-21H2,2-8H3,(H,40,44)(H,42,43)/t23-,24+,27-,29+,30-,31-,36+,37-,38-,39+/m1/s1. The molecule has 238 valence electrons. The lowest BCUT2D eigenvalue weighted by atomic mass is 9.32. The first kappa shape index (κ1) is 30.1. The fraction of sp³-hybridized carbons (Fsp3) is 0.692. The Morgan fingerprint density at radius 3 is 2.39 bits per heavy atom. The lowest BCUT2D eigenvalue weighted by Crippen LogP contribution is -2.67. The van der Waals surface area contributed by atoms with Gasteiger partial charge < -0.3 is 15.4 Å². The summed E-state index contributed by atoms with van der Waals surface area (Å²) >= 11 is 0. The molecule has 5 aliphatic rings. The number of aromatic nitrogens is 1. The molecule has 0 bridgehead atoms. The molecule has 0 radical (unpaired) electrons. The number of aliphatic carboxylic acids is 1. The van der Waals surface area contributed by atoms with Gasteiger partial charge in [0.25, 0.3) is 0 Å². The zero-order chi connectivity index (χ0) is 31.6. The van der Waals surface area contributed by atoms with Crippen LogP contribution in [-0.2, 0) is 21.4 Å². The molecule has 1 amide bonds. The lowest BCUT2D eigenvalue weighted by molar-refractivity contribution is -0.225. The average Bonchev–Trinajstić information content (AvgIpc) is 3.53. The Morgan fingerprint density at radius 1 is 0.955 bits per heavy atom. The highest BCUT2D eigenvalue weighted by atomic mass is 16.4. The summed E-state index contributed by atoms with van der Waals surface area (Å²) in [4.78, 5) is 29.8. The number of nitrogens with one attached hydrogen (secondary N) is 2. The third-order valence-corrected chi connectivity index (χ3v) is 15.4. The summed E-state index contributed by atoms with van der Waals surface area (Å²) in [5, 5.41) is 14.0. The first-order chi connectivity index (χ1) is 20.6. The van der Waals surface area contributed by atoms with Crippen molar-refractivity contribution in [1.29, 1.82) is 0 Å². The van der Waals surface area contributed by atoms with Crippen molar-refractivity contribution in [1.82, 2.24) is 10.3 Å². The number of hydrogen-bond acceptors (Lipinski definition) is 2. The van der Waals surface area contributed by atoms with Crippen LogP contribution in [-0.4, -0.2) is 28.0 Å². The van der Waals surface area contributed by atoms with E-state index >= 15 is 0 Å². The van der Waals surface area contributed by atoms with E-state index in [1.54, 1.807) is 12.5 Å². The number of carboxylic acids is 1. The van der Waals surface area contributed by atoms with E-state index in [0.29, 0.717) is 23.7 Å². The van der Waals surface area contributed by atoms with Crippen LogP contribution in [0.4, 0.5) is 0 Å². The van der Waals surface area contributed by atoms with Crippen molar-refractivity contribution in [3.8, 4) is 0 Å². The van der Waals surface area contributed by atoms with E-state index in [-0.39, 0.29) is 33.5 Å². The minimum Gasteiger partial charge on any atom is -0.480 e. The van der Waals surface area contributed by atoms with E-state index < -0.39 is 17.4 Å². The number of benzene rings is 1. The maximum atomic E-state index is 14.1. The van der Waals surface area contributed by atoms with Crippen LogP contribution in [0.25, 0.3) is 10.9 Å². The van der Waals surface area contributed by atoms with Gasteiger partial charge in [0.05, 0.1) is 5.41 Å². The van der Waals surface area contributed by atoms with Gasteiger partial charge in [0.15, 0.2) is 0 Å². The van der Waals surface area contributed by atoms with Crippen LogP contribution in [0, 0.1) is 51.2 Å². The third kappa shape index (κ3) is 3.65. The second kappa shape index (κ2) is 9.48. The predicted molar refractivity (Wildman–Crippen MR) is 176 cm³/mol. The molecule has 1 aromatic heterocycles. The van der Waals surface area contributed by atoms with Crippen LogP contribution < -0.4 is 5.32 Å². The summed E-state index contributed by atoms with van der Waals surface area (Å²) in [7, 11) is 0. The second-order valence-electron chi connectivity index (χ2n) is 17.3. The Labute approximate surface area is 264 Å². The number of fused-ring (bicyclic) bond motifs is 10. The fourth-order valence-corrected chi connectivity index (χ4v) is 13.2. The molecule has 3 N–H and O–H groups in total. The molecule has 0 unspecified atom stereocenters. The Hall–Kier alpha value is -2.56. The zero-order valence-corrected chi connectivity index (χ0v) is 28.1. The SMILES string of the molecule is C=C(C)[C@@H]1CC[C@]2(C(=O)N[C@H](C)C(=O)O)CC[C@]3(C)[C@H](CC[C@@H]4[C@@]5(C)Cc6c([nH]c7ccccc67)C(C)(C)[C@@H]5CC[C@]43C)[C@@H]12. The molecule has 10 atom stereocenters. The van der Waals surface area contributed by atoms with E-state index in [0.717, 1.165) is 38.5 Å². The molecule has 7 rings (SSSR count). The van der Waals surface area contributed by atoms with Crippen molar-refractivity contribution >= 4 is 22.8 Å². The number of allylic oxidation sites excluding steroid dienone is 1. The third-order valence-electron chi connectivity index (χ3n) is 15.4. The molecule has 5 heteroatoms. The summed E-state index contributed by atoms with van der Waals surface area (Å²) < 4.78 is 0. The Kier molecular flexibility index (Phi) is 6.49. The molecule has 5 aliphatic carbocycles. The summed E-state index contributed by atoms with van der Waals surface area (Å²) in [6.07, 6.45) is 9.70. The van der Waals surface area contributed by atoms with E-state index in [1.165, 1.54) is 41.4 Å². The first-order valence-electron chi connectivity index (χ1n) is 17.4. The molecular formula is C39H54N2O3. The summed E-state index contributed by atoms with van der Waals surface area (Å²) in [5.74, 6) is 1.24. The van der Waals surface area contributed by atoms with Gasteiger partial charge in [-0.2, -0.15) is 0 Å². The topological polar surface area (TPSA) is 82.2 Å². The van der Waals surface area contributed by atoms with Crippen LogP contribution in [0.15, 0.2) is 36.4 Å². The smallest absolute Gasteiger partial charge is 0.325 e. The van der Waals surface area contributed by atoms with Crippen molar-refractivity contribution in [2.75, 3.05) is 0 Å². The van der Waals surface area contributed by atoms with Crippen LogP contribution in [0.5, 0.6) is 0 Å². The molecule has 1 heterocycles. The van der Waals surface area contributed by atoms with Crippen LogP contribution in [0.2, 0.25) is 0 Å². The number of H-pyrrole nitrogens is 1. The van der Waals surface area contributed by atoms with Gasteiger partial charge in [-0.1, -0.05) is 65.0 Å². The molecule has 44 heavy (non-hydrogen) atoms. The van der Waals surface area contributed by atoms with Gasteiger partial charge >= 0.3 is 5.97 Å². The zero-order valence-electron chi connectivity index (χ0n) is 28.1. The van der Waals surface area contributed by atoms with Gasteiger partial charge in [-0.25, -0.2) is 0 Å². The molecule has 1 aromatic carbocycles. The molecule has 4 fully saturated rings. The Morgan fingerprint density at radius 2 is 1.68 bits per heavy atom. The summed E-state index contributed by atoms with van der Waals surface area (Å²) in [6, 6.07) is 8.03. The van der Waals surface area contributed by atoms with Crippen molar-refractivity contribution in [3.05, 3.63) is 47.7 Å². The minimum atomic E-state index is -0.965. The van der Waals surface area contributed by atoms with Crippen molar-refractivity contribution in [2.45, 2.75) is 118 Å². The Bertz CT molecular complexity index is 1550. The van der Waals surface area contributed by atoms with Crippen molar-refractivity contribution in [3.63, 3.8) is 0 Å². The van der Waals surface area contributed by atoms with Gasteiger partial charge in [0, 0.05) is 22.0 Å². The number of rotatable bonds is 4. The second-order valence-corrected chi connectivity index (χ2v) is 17.3. The number of carbonyl (C=O) groups excluding carboxylic acids is 1. The molecule has 0 saturated heterocycles. The van der Waals surface area contributed by atoms with E-state index in [1.807, 2.05) is 0 Å². The van der Waals surface area contributed by atoms with Crippen molar-refractivity contribution in [2.24, 2.45) is 51.2 Å². The lowest BCUT2D eigenvalue weighted by Gasteiger charge is -2.72. The fourth-order valence-electron chi connectivity index (χ4n) is 13.2. The van der Waals surface area contributed by atoms with E-state index in [2.05, 4.69) is 82.7 Å². The molecule has 2 aromatic rings. The van der Waals surface area contributed by atoms with Crippen LogP contribution >= 0.6 is 0 Å². The van der Waals surface area contributed by atoms with Crippen LogP contribution in [0.3, 0.4) is 0 Å². The highest BCUT2D eigenvalue weighted by Gasteiger charge is 2.72. The number of amides is 1. The average molecular weight is 599 g/mol. The quantitative estimate of drug-likeness (QED) is 0.309. The van der Waals surface area contributed by atoms with Gasteiger partial charge in [-0.15, -0.1) is 0 Å². The largest absolute Gasteiger partial charge is 0.480 e. The van der Waals surface area contributed by atoms with Gasteiger partial charge in [-0.05, 0) is 129 Å². The highest BCUT2D eigenvalue weighted by Crippen LogP contribution is 2.77. The maximum absolute atomic E-state index is 14.1. The summed E-state index contributed by atoms with van der Waals surface area (Å²) in [5.41, 5.74) is 5.58. The molecule has 4 saturated carbocycles. The monoisotopic (exact) mass is 598 g/mol. The predicted octanol–water partition coefficient (Wildman–Crippen LogP) is 8.43. The van der Waals surface area contributed by atoms with Gasteiger partial charge in [0.2, 0.25) is 5.91 Å². The first-order valence-corrected chi connectivity index (χ1v) is 17.4.